The Morgan fingerprint density at radius 3 is 2.47 bits per heavy atom. The number of carbonyl (C=O) groups excluding carboxylic acids is 3. The minimum absolute atomic E-state index is 0.0413. The van der Waals surface area contributed by atoms with Gasteiger partial charge >= 0.3 is 0 Å². The van der Waals surface area contributed by atoms with Crippen LogP contribution in [0.1, 0.15) is 47.4 Å². The summed E-state index contributed by atoms with van der Waals surface area (Å²) in [7, 11) is 0. The average Bonchev–Trinajstić information content (AvgIpc) is 3.45. The van der Waals surface area contributed by atoms with E-state index in [0.29, 0.717) is 30.3 Å². The number of thioether (sulfide) groups is 2. The lowest BCUT2D eigenvalue weighted by Crippen LogP contribution is -2.50. The van der Waals surface area contributed by atoms with E-state index in [4.69, 9.17) is 4.98 Å². The molecule has 1 unspecified atom stereocenters. The van der Waals surface area contributed by atoms with Crippen LogP contribution in [0.4, 0.5) is 0 Å². The van der Waals surface area contributed by atoms with Crippen molar-refractivity contribution in [2.75, 3.05) is 42.9 Å². The Bertz CT molecular complexity index is 836. The first-order chi connectivity index (χ1) is 14.5. The van der Waals surface area contributed by atoms with Gasteiger partial charge in [0.2, 0.25) is 11.8 Å². The smallest absolute Gasteiger partial charge is 0.256 e. The maximum absolute atomic E-state index is 13.0. The molecule has 0 saturated carbocycles. The molecular weight excluding hydrogens is 420 g/mol. The third kappa shape index (κ3) is 4.32. The molecule has 3 aliphatic rings. The quantitative estimate of drug-likeness (QED) is 0.706. The number of hydrogen-bond acceptors (Lipinski definition) is 6. The van der Waals surface area contributed by atoms with E-state index in [1.165, 1.54) is 6.92 Å². The van der Waals surface area contributed by atoms with Crippen LogP contribution in [0.3, 0.4) is 0 Å². The fourth-order valence-electron chi connectivity index (χ4n) is 4.36. The molecule has 4 rings (SSSR count). The van der Waals surface area contributed by atoms with Crippen molar-refractivity contribution in [1.29, 1.82) is 0 Å². The van der Waals surface area contributed by atoms with Crippen LogP contribution in [-0.2, 0) is 9.59 Å². The zero-order chi connectivity index (χ0) is 21.3. The van der Waals surface area contributed by atoms with Gasteiger partial charge in [-0.2, -0.15) is 0 Å². The Kier molecular flexibility index (Phi) is 6.57. The van der Waals surface area contributed by atoms with Gasteiger partial charge in [-0.05, 0) is 31.9 Å². The number of piperidine rings is 1. The van der Waals surface area contributed by atoms with Gasteiger partial charge in [0, 0.05) is 49.7 Å². The van der Waals surface area contributed by atoms with Crippen molar-refractivity contribution < 1.29 is 14.4 Å². The molecule has 0 aliphatic carbocycles. The summed E-state index contributed by atoms with van der Waals surface area (Å²) in [5, 5.41) is 0. The van der Waals surface area contributed by atoms with Crippen molar-refractivity contribution in [3.8, 4) is 0 Å². The van der Waals surface area contributed by atoms with E-state index >= 15 is 0 Å². The van der Waals surface area contributed by atoms with Crippen LogP contribution in [0.5, 0.6) is 0 Å². The van der Waals surface area contributed by atoms with Crippen LogP contribution >= 0.6 is 23.5 Å². The number of likely N-dealkylation sites (tertiary alicyclic amines) is 1. The number of pyridine rings is 1. The molecule has 4 heterocycles. The van der Waals surface area contributed by atoms with Crippen LogP contribution in [0.2, 0.25) is 0 Å². The second kappa shape index (κ2) is 9.18. The fraction of sp³-hybridized carbons (Fsp3) is 0.619. The van der Waals surface area contributed by atoms with Gasteiger partial charge in [0.25, 0.3) is 5.91 Å². The summed E-state index contributed by atoms with van der Waals surface area (Å²) < 4.78 is 0. The highest BCUT2D eigenvalue weighted by atomic mass is 32.2. The monoisotopic (exact) mass is 448 g/mol. The van der Waals surface area contributed by atoms with Gasteiger partial charge in [0.05, 0.1) is 23.0 Å². The molecule has 7 nitrogen and oxygen atoms in total. The molecule has 3 fully saturated rings. The second-order valence-electron chi connectivity index (χ2n) is 8.10. The lowest BCUT2D eigenvalue weighted by atomic mass is 9.89. The highest BCUT2D eigenvalue weighted by Crippen LogP contribution is 2.32. The third-order valence-corrected chi connectivity index (χ3v) is 8.08. The third-order valence-electron chi connectivity index (χ3n) is 6.10. The van der Waals surface area contributed by atoms with Crippen molar-refractivity contribution in [1.82, 2.24) is 19.7 Å². The molecule has 3 saturated heterocycles. The van der Waals surface area contributed by atoms with Crippen LogP contribution in [0, 0.1) is 6.92 Å². The predicted molar refractivity (Wildman–Crippen MR) is 120 cm³/mol. The van der Waals surface area contributed by atoms with E-state index in [2.05, 4.69) is 0 Å². The summed E-state index contributed by atoms with van der Waals surface area (Å²) in [6, 6.07) is 3.49. The Hall–Kier alpha value is -1.74. The minimum Gasteiger partial charge on any atom is -0.341 e. The van der Waals surface area contributed by atoms with Gasteiger partial charge in [-0.1, -0.05) is 0 Å². The lowest BCUT2D eigenvalue weighted by Gasteiger charge is -2.35. The first-order valence-electron chi connectivity index (χ1n) is 10.4. The lowest BCUT2D eigenvalue weighted by molar-refractivity contribution is -0.143. The molecule has 0 bridgehead atoms. The van der Waals surface area contributed by atoms with Crippen LogP contribution in [0.25, 0.3) is 0 Å². The molecule has 30 heavy (non-hydrogen) atoms. The molecular formula is C21H28N4O3S2. The second-order valence-corrected chi connectivity index (χ2v) is 10.2. The van der Waals surface area contributed by atoms with Crippen molar-refractivity contribution in [3.05, 3.63) is 29.1 Å². The van der Waals surface area contributed by atoms with Crippen molar-refractivity contribution in [3.63, 3.8) is 0 Å². The van der Waals surface area contributed by atoms with E-state index in [-0.39, 0.29) is 29.7 Å². The maximum Gasteiger partial charge on any atom is 0.256 e. The number of hydrogen-bond donors (Lipinski definition) is 0. The van der Waals surface area contributed by atoms with Gasteiger partial charge < -0.3 is 14.7 Å². The molecule has 0 aromatic carbocycles. The molecule has 0 spiro atoms. The van der Waals surface area contributed by atoms with Crippen LogP contribution in [-0.4, -0.2) is 86.3 Å². The van der Waals surface area contributed by atoms with E-state index in [9.17, 15) is 14.4 Å². The summed E-state index contributed by atoms with van der Waals surface area (Å²) >= 11 is 3.41. The molecule has 3 aliphatic heterocycles. The zero-order valence-corrected chi connectivity index (χ0v) is 19.1. The molecule has 1 aromatic rings. The Labute approximate surface area is 185 Å². The van der Waals surface area contributed by atoms with Gasteiger partial charge in [-0.15, -0.1) is 23.5 Å². The van der Waals surface area contributed by atoms with Gasteiger partial charge in [0.15, 0.2) is 0 Å². The first kappa shape index (κ1) is 21.5. The molecule has 0 N–H and O–H groups in total. The summed E-state index contributed by atoms with van der Waals surface area (Å²) in [6.45, 7) is 5.55. The Morgan fingerprint density at radius 2 is 1.80 bits per heavy atom. The van der Waals surface area contributed by atoms with Crippen molar-refractivity contribution >= 4 is 41.2 Å². The average molecular weight is 449 g/mol. The Balaban J connectivity index is 1.45. The number of nitrogens with zero attached hydrogens (tertiary/aromatic N) is 4. The standard InChI is InChI=1S/C21H28N4O3S2/c1-14-3-4-17(20(27)24-9-10-29-12-24)19(22-14)16-5-7-23(8-6-16)21(28)18-11-30-13-25(18)15(2)26/h3-4,16,18H,5-13H2,1-2H3. The zero-order valence-electron chi connectivity index (χ0n) is 17.5. The highest BCUT2D eigenvalue weighted by molar-refractivity contribution is 7.99. The number of aryl methyl sites for hydroxylation is 1. The molecule has 3 amide bonds. The molecule has 1 atom stereocenters. The highest BCUT2D eigenvalue weighted by Gasteiger charge is 2.37. The summed E-state index contributed by atoms with van der Waals surface area (Å²) in [6.07, 6.45) is 1.58. The van der Waals surface area contributed by atoms with Crippen LogP contribution < -0.4 is 0 Å². The number of rotatable bonds is 3. The Morgan fingerprint density at radius 1 is 1.03 bits per heavy atom. The topological polar surface area (TPSA) is 73.8 Å². The maximum atomic E-state index is 13.0. The van der Waals surface area contributed by atoms with Crippen LogP contribution in [0.15, 0.2) is 12.1 Å². The summed E-state index contributed by atoms with van der Waals surface area (Å²) in [5.74, 6) is 3.24. The van der Waals surface area contributed by atoms with E-state index in [1.54, 1.807) is 28.4 Å². The predicted octanol–water partition coefficient (Wildman–Crippen LogP) is 2.16. The van der Waals surface area contributed by atoms with Crippen molar-refractivity contribution in [2.45, 2.75) is 38.6 Å². The largest absolute Gasteiger partial charge is 0.341 e. The van der Waals surface area contributed by atoms with E-state index in [1.807, 2.05) is 28.9 Å². The molecule has 162 valence electrons. The molecule has 0 radical (unpaired) electrons. The number of carbonyl (C=O) groups is 3. The van der Waals surface area contributed by atoms with E-state index in [0.717, 1.165) is 42.4 Å². The molecule has 9 heteroatoms. The SMILES string of the molecule is CC(=O)N1CSCC1C(=O)N1CCC(c2nc(C)ccc2C(=O)N2CCSC2)CC1. The number of aromatic nitrogens is 1. The fourth-order valence-corrected chi connectivity index (χ4v) is 6.51. The first-order valence-corrected chi connectivity index (χ1v) is 12.7. The summed E-state index contributed by atoms with van der Waals surface area (Å²) in [4.78, 5) is 48.1. The minimum atomic E-state index is -0.342. The van der Waals surface area contributed by atoms with Gasteiger partial charge in [-0.25, -0.2) is 0 Å². The van der Waals surface area contributed by atoms with Gasteiger partial charge in [-0.3, -0.25) is 19.4 Å². The summed E-state index contributed by atoms with van der Waals surface area (Å²) in [5.41, 5.74) is 2.50. The van der Waals surface area contributed by atoms with E-state index < -0.39 is 0 Å². The normalized spacial score (nSPS) is 22.6. The van der Waals surface area contributed by atoms with Gasteiger partial charge in [0.1, 0.15) is 6.04 Å². The number of amides is 3. The molecule has 1 aromatic heterocycles. The van der Waals surface area contributed by atoms with Crippen molar-refractivity contribution in [2.24, 2.45) is 0 Å².